The van der Waals surface area contributed by atoms with Gasteiger partial charge in [0.1, 0.15) is 6.04 Å². The number of hydrogen-bond donors (Lipinski definition) is 3. The van der Waals surface area contributed by atoms with E-state index in [1.807, 2.05) is 30.3 Å². The highest BCUT2D eigenvalue weighted by Crippen LogP contribution is 2.32. The Bertz CT molecular complexity index is 1180. The van der Waals surface area contributed by atoms with E-state index in [4.69, 9.17) is 0 Å². The third kappa shape index (κ3) is 5.60. The Morgan fingerprint density at radius 1 is 1.06 bits per heavy atom. The molecule has 36 heavy (non-hydrogen) atoms. The summed E-state index contributed by atoms with van der Waals surface area (Å²) in [6.45, 7) is 0.460. The van der Waals surface area contributed by atoms with Crippen LogP contribution in [-0.4, -0.2) is 63.6 Å². The number of nitrogens with one attached hydrogen (secondary N) is 2. The van der Waals surface area contributed by atoms with Crippen LogP contribution in [0.15, 0.2) is 48.5 Å². The van der Waals surface area contributed by atoms with Gasteiger partial charge in [0.05, 0.1) is 6.61 Å². The van der Waals surface area contributed by atoms with Gasteiger partial charge in [0.2, 0.25) is 23.6 Å². The summed E-state index contributed by atoms with van der Waals surface area (Å²) in [5.74, 6) is -1.82. The van der Waals surface area contributed by atoms with Crippen LogP contribution in [0, 0.1) is 0 Å². The second kappa shape index (κ2) is 11.1. The van der Waals surface area contributed by atoms with Crippen LogP contribution >= 0.6 is 0 Å². The molecule has 2 aromatic carbocycles. The van der Waals surface area contributed by atoms with Crippen molar-refractivity contribution in [2.45, 2.75) is 44.8 Å². The molecule has 1 unspecified atom stereocenters. The second-order valence-electron chi connectivity index (χ2n) is 8.80. The van der Waals surface area contributed by atoms with E-state index in [0.717, 1.165) is 5.56 Å². The van der Waals surface area contributed by atoms with Crippen molar-refractivity contribution in [2.24, 2.45) is 0 Å². The van der Waals surface area contributed by atoms with Gasteiger partial charge in [-0.1, -0.05) is 36.4 Å². The Balaban J connectivity index is 1.37. The summed E-state index contributed by atoms with van der Waals surface area (Å²) in [6.07, 6.45) is 0.312. The monoisotopic (exact) mass is 492 g/mol. The van der Waals surface area contributed by atoms with E-state index in [1.165, 1.54) is 9.80 Å². The van der Waals surface area contributed by atoms with Gasteiger partial charge in [-0.3, -0.25) is 29.3 Å². The number of aliphatic hydroxyl groups is 1. The fraction of sp³-hybridized carbons (Fsp3) is 0.346. The molecular formula is C26H28N4O6. The van der Waals surface area contributed by atoms with E-state index in [0.29, 0.717) is 23.4 Å². The first-order valence-corrected chi connectivity index (χ1v) is 11.9. The Morgan fingerprint density at radius 3 is 2.56 bits per heavy atom. The SMILES string of the molecule is O=C1CCC(N2Cc3c(NC(=O)CCC(=O)N(CCO)Cc4ccccc4)cccc3C2=O)C(=O)N1. The summed E-state index contributed by atoms with van der Waals surface area (Å²) in [4.78, 5) is 65.0. The first-order chi connectivity index (χ1) is 17.4. The van der Waals surface area contributed by atoms with Crippen LogP contribution in [0.25, 0.3) is 0 Å². The topological polar surface area (TPSA) is 136 Å². The molecule has 2 aliphatic rings. The molecule has 2 heterocycles. The number of fused-ring (bicyclic) bond motifs is 1. The lowest BCUT2D eigenvalue weighted by molar-refractivity contribution is -0.137. The molecule has 188 valence electrons. The van der Waals surface area contributed by atoms with Crippen molar-refractivity contribution in [3.63, 3.8) is 0 Å². The molecule has 0 radical (unpaired) electrons. The normalized spacial score (nSPS) is 17.0. The predicted molar refractivity (Wildman–Crippen MR) is 129 cm³/mol. The first kappa shape index (κ1) is 25.1. The molecule has 0 aromatic heterocycles. The number of imide groups is 1. The van der Waals surface area contributed by atoms with Crippen molar-refractivity contribution >= 4 is 35.2 Å². The lowest BCUT2D eigenvalue weighted by Crippen LogP contribution is -2.52. The summed E-state index contributed by atoms with van der Waals surface area (Å²) in [5, 5.41) is 14.4. The average Bonchev–Trinajstić information content (AvgIpc) is 3.20. The molecule has 4 rings (SSSR count). The summed E-state index contributed by atoms with van der Waals surface area (Å²) >= 11 is 0. The number of carbonyl (C=O) groups is 5. The number of amides is 5. The molecule has 0 saturated carbocycles. The van der Waals surface area contributed by atoms with Crippen LogP contribution in [0.2, 0.25) is 0 Å². The molecular weight excluding hydrogens is 464 g/mol. The summed E-state index contributed by atoms with van der Waals surface area (Å²) < 4.78 is 0. The smallest absolute Gasteiger partial charge is 0.255 e. The maximum atomic E-state index is 12.9. The number of rotatable bonds is 9. The molecule has 10 nitrogen and oxygen atoms in total. The Hall–Kier alpha value is -4.05. The van der Waals surface area contributed by atoms with Crippen molar-refractivity contribution in [1.82, 2.24) is 15.1 Å². The van der Waals surface area contributed by atoms with Crippen LogP contribution in [0.5, 0.6) is 0 Å². The van der Waals surface area contributed by atoms with Gasteiger partial charge in [0.15, 0.2) is 0 Å². The van der Waals surface area contributed by atoms with Crippen molar-refractivity contribution in [3.05, 3.63) is 65.2 Å². The highest BCUT2D eigenvalue weighted by atomic mass is 16.3. The first-order valence-electron chi connectivity index (χ1n) is 11.9. The maximum absolute atomic E-state index is 12.9. The zero-order chi connectivity index (χ0) is 25.7. The number of anilines is 1. The van der Waals surface area contributed by atoms with E-state index in [1.54, 1.807) is 18.2 Å². The molecule has 1 saturated heterocycles. The van der Waals surface area contributed by atoms with E-state index >= 15 is 0 Å². The van der Waals surface area contributed by atoms with Crippen LogP contribution in [0.4, 0.5) is 5.69 Å². The van der Waals surface area contributed by atoms with Gasteiger partial charge in [0, 0.05) is 55.7 Å². The summed E-state index contributed by atoms with van der Waals surface area (Å²) in [5.41, 5.74) is 2.36. The van der Waals surface area contributed by atoms with Crippen LogP contribution in [0.3, 0.4) is 0 Å². The van der Waals surface area contributed by atoms with Crippen molar-refractivity contribution in [1.29, 1.82) is 0 Å². The molecule has 2 aromatic rings. The molecule has 1 fully saturated rings. The predicted octanol–water partition coefficient (Wildman–Crippen LogP) is 1.19. The quantitative estimate of drug-likeness (QED) is 0.450. The molecule has 1 atom stereocenters. The third-order valence-electron chi connectivity index (χ3n) is 6.36. The average molecular weight is 493 g/mol. The minimum Gasteiger partial charge on any atom is -0.395 e. The van der Waals surface area contributed by atoms with E-state index < -0.39 is 11.9 Å². The molecule has 5 amide bonds. The van der Waals surface area contributed by atoms with Crippen LogP contribution in [-0.2, 0) is 32.3 Å². The van der Waals surface area contributed by atoms with Gasteiger partial charge in [-0.05, 0) is 24.1 Å². The van der Waals surface area contributed by atoms with Gasteiger partial charge < -0.3 is 20.2 Å². The van der Waals surface area contributed by atoms with Gasteiger partial charge in [0.25, 0.3) is 5.91 Å². The van der Waals surface area contributed by atoms with E-state index in [-0.39, 0.29) is 69.0 Å². The van der Waals surface area contributed by atoms with Crippen molar-refractivity contribution in [2.75, 3.05) is 18.5 Å². The molecule has 3 N–H and O–H groups in total. The highest BCUT2D eigenvalue weighted by molar-refractivity contribution is 6.06. The highest BCUT2D eigenvalue weighted by Gasteiger charge is 2.39. The van der Waals surface area contributed by atoms with Crippen molar-refractivity contribution < 1.29 is 29.1 Å². The number of piperidine rings is 1. The molecule has 0 bridgehead atoms. The molecule has 0 aliphatic carbocycles. The molecule has 10 heteroatoms. The maximum Gasteiger partial charge on any atom is 0.255 e. The Morgan fingerprint density at radius 2 is 1.83 bits per heavy atom. The number of hydrogen-bond acceptors (Lipinski definition) is 6. The van der Waals surface area contributed by atoms with Gasteiger partial charge in [-0.25, -0.2) is 0 Å². The van der Waals surface area contributed by atoms with Gasteiger partial charge in [-0.15, -0.1) is 0 Å². The van der Waals surface area contributed by atoms with Gasteiger partial charge >= 0.3 is 0 Å². The Kier molecular flexibility index (Phi) is 7.74. The standard InChI is InChI=1S/C26H28N4O6/c31-14-13-29(15-17-5-2-1-3-6-17)24(34)12-11-22(32)27-20-8-4-7-18-19(20)16-30(26(18)36)21-9-10-23(33)28-25(21)35/h1-8,21,31H,9-16H2,(H,27,32)(H,28,33,35). The number of nitrogens with zero attached hydrogens (tertiary/aromatic N) is 2. The number of benzene rings is 2. The van der Waals surface area contributed by atoms with E-state index in [2.05, 4.69) is 10.6 Å². The fourth-order valence-electron chi connectivity index (χ4n) is 4.51. The zero-order valence-electron chi connectivity index (χ0n) is 19.7. The number of carbonyl (C=O) groups excluding carboxylic acids is 5. The van der Waals surface area contributed by atoms with Crippen LogP contribution in [0.1, 0.15) is 47.2 Å². The minimum atomic E-state index is -0.745. The lowest BCUT2D eigenvalue weighted by Gasteiger charge is -2.29. The molecule has 0 spiro atoms. The molecule has 2 aliphatic heterocycles. The van der Waals surface area contributed by atoms with Crippen LogP contribution < -0.4 is 10.6 Å². The van der Waals surface area contributed by atoms with Gasteiger partial charge in [-0.2, -0.15) is 0 Å². The fourth-order valence-corrected chi connectivity index (χ4v) is 4.51. The second-order valence-corrected chi connectivity index (χ2v) is 8.80. The van der Waals surface area contributed by atoms with Crippen molar-refractivity contribution in [3.8, 4) is 0 Å². The third-order valence-corrected chi connectivity index (χ3v) is 6.36. The zero-order valence-corrected chi connectivity index (χ0v) is 19.7. The lowest BCUT2D eigenvalue weighted by atomic mass is 10.0. The summed E-state index contributed by atoms with van der Waals surface area (Å²) in [7, 11) is 0. The largest absolute Gasteiger partial charge is 0.395 e. The minimum absolute atomic E-state index is 0.0327. The van der Waals surface area contributed by atoms with E-state index in [9.17, 15) is 29.1 Å². The Labute approximate surface area is 208 Å². The number of aliphatic hydroxyl groups excluding tert-OH is 1. The summed E-state index contributed by atoms with van der Waals surface area (Å²) in [6, 6.07) is 13.6.